The highest BCUT2D eigenvalue weighted by Crippen LogP contribution is 2.20. The lowest BCUT2D eigenvalue weighted by Crippen LogP contribution is -2.12. The number of hydrogen-bond acceptors (Lipinski definition) is 5. The van der Waals surface area contributed by atoms with Crippen LogP contribution in [0.2, 0.25) is 0 Å². The number of benzene rings is 2. The quantitative estimate of drug-likeness (QED) is 0.545. The maximum atomic E-state index is 12.4. The zero-order valence-electron chi connectivity index (χ0n) is 13.7. The van der Waals surface area contributed by atoms with E-state index in [0.29, 0.717) is 11.4 Å². The summed E-state index contributed by atoms with van der Waals surface area (Å²) in [4.78, 5) is 12.4. The zero-order chi connectivity index (χ0) is 17.1. The molecule has 1 heterocycles. The summed E-state index contributed by atoms with van der Waals surface area (Å²) in [7, 11) is 1.61. The van der Waals surface area contributed by atoms with Gasteiger partial charge in [0.15, 0.2) is 5.69 Å². The van der Waals surface area contributed by atoms with Crippen LogP contribution in [-0.2, 0) is 0 Å². The van der Waals surface area contributed by atoms with Gasteiger partial charge in [-0.2, -0.15) is 0 Å². The third-order valence-electron chi connectivity index (χ3n) is 3.70. The van der Waals surface area contributed by atoms with Crippen LogP contribution in [-0.4, -0.2) is 28.1 Å². The minimum absolute atomic E-state index is 0.189. The van der Waals surface area contributed by atoms with Crippen molar-refractivity contribution in [2.24, 2.45) is 0 Å². The molecule has 0 aliphatic heterocycles. The Morgan fingerprint density at radius 3 is 2.42 bits per heavy atom. The molecule has 0 radical (unpaired) electrons. The van der Waals surface area contributed by atoms with Crippen LogP contribution in [0.3, 0.4) is 0 Å². The lowest BCUT2D eigenvalue weighted by molar-refractivity contribution is 0.0726. The number of nitrogens with zero attached hydrogens (tertiary/aromatic N) is 3. The van der Waals surface area contributed by atoms with Gasteiger partial charge in [0.1, 0.15) is 11.5 Å². The number of aromatic nitrogens is 3. The summed E-state index contributed by atoms with van der Waals surface area (Å²) in [5, 5.41) is 8.02. The number of hydrogen-bond donors (Lipinski definition) is 0. The second-order valence-electron chi connectivity index (χ2n) is 5.29. The van der Waals surface area contributed by atoms with Crippen LogP contribution in [0.1, 0.15) is 21.7 Å². The molecule has 0 aliphatic rings. The van der Waals surface area contributed by atoms with Gasteiger partial charge in [-0.1, -0.05) is 23.4 Å². The first-order chi connectivity index (χ1) is 11.6. The van der Waals surface area contributed by atoms with E-state index in [4.69, 9.17) is 9.47 Å². The van der Waals surface area contributed by atoms with E-state index < -0.39 is 5.97 Å². The highest BCUT2D eigenvalue weighted by molar-refractivity contribution is 5.90. The minimum Gasteiger partial charge on any atom is -0.497 e. The van der Waals surface area contributed by atoms with Crippen molar-refractivity contribution in [3.05, 3.63) is 65.5 Å². The molecule has 0 bridgehead atoms. The molecule has 2 aromatic carbocycles. The molecule has 0 amide bonds. The molecule has 0 atom stereocenters. The van der Waals surface area contributed by atoms with Crippen LogP contribution in [0.25, 0.3) is 5.69 Å². The fraction of sp³-hybridized carbons (Fsp3) is 0.167. The fourth-order valence-corrected chi connectivity index (χ4v) is 2.31. The average Bonchev–Trinajstić information content (AvgIpc) is 2.98. The van der Waals surface area contributed by atoms with Crippen molar-refractivity contribution in [1.82, 2.24) is 15.0 Å². The Bertz CT molecular complexity index is 869. The molecule has 3 aromatic rings. The number of ether oxygens (including phenoxy) is 2. The number of carbonyl (C=O) groups is 1. The van der Waals surface area contributed by atoms with Gasteiger partial charge in [-0.25, -0.2) is 9.48 Å². The Morgan fingerprint density at radius 1 is 1.04 bits per heavy atom. The number of esters is 1. The molecule has 0 N–H and O–H groups in total. The largest absolute Gasteiger partial charge is 0.497 e. The molecular weight excluding hydrogens is 306 g/mol. The van der Waals surface area contributed by atoms with Crippen molar-refractivity contribution in [3.8, 4) is 17.2 Å². The van der Waals surface area contributed by atoms with Gasteiger partial charge in [0, 0.05) is 0 Å². The van der Waals surface area contributed by atoms with E-state index >= 15 is 0 Å². The van der Waals surface area contributed by atoms with E-state index in [9.17, 15) is 4.79 Å². The first kappa shape index (κ1) is 15.7. The third-order valence-corrected chi connectivity index (χ3v) is 3.70. The fourth-order valence-electron chi connectivity index (χ4n) is 2.31. The Kier molecular flexibility index (Phi) is 4.29. The summed E-state index contributed by atoms with van der Waals surface area (Å²) in [6, 6.07) is 14.7. The van der Waals surface area contributed by atoms with E-state index in [1.807, 2.05) is 49.4 Å². The molecule has 6 heteroatoms. The highest BCUT2D eigenvalue weighted by Gasteiger charge is 2.20. The van der Waals surface area contributed by atoms with Gasteiger partial charge in [0.05, 0.1) is 18.5 Å². The summed E-state index contributed by atoms with van der Waals surface area (Å²) in [5.74, 6) is 0.734. The highest BCUT2D eigenvalue weighted by atomic mass is 16.5. The van der Waals surface area contributed by atoms with Gasteiger partial charge in [-0.15, -0.1) is 5.10 Å². The first-order valence-corrected chi connectivity index (χ1v) is 7.44. The smallest absolute Gasteiger partial charge is 0.366 e. The molecule has 6 nitrogen and oxygen atoms in total. The molecule has 0 spiro atoms. The minimum atomic E-state index is -0.526. The van der Waals surface area contributed by atoms with E-state index in [2.05, 4.69) is 10.3 Å². The SMILES string of the molecule is COc1ccc(-n2nnc(C(=O)Oc3ccccc3C)c2C)cc1. The molecule has 0 saturated carbocycles. The third kappa shape index (κ3) is 2.99. The van der Waals surface area contributed by atoms with Crippen LogP contribution in [0, 0.1) is 13.8 Å². The van der Waals surface area contributed by atoms with Crippen molar-refractivity contribution in [2.45, 2.75) is 13.8 Å². The topological polar surface area (TPSA) is 66.2 Å². The van der Waals surface area contributed by atoms with Gasteiger partial charge in [-0.05, 0) is 49.7 Å². The van der Waals surface area contributed by atoms with Crippen LogP contribution in [0.15, 0.2) is 48.5 Å². The summed E-state index contributed by atoms with van der Waals surface area (Å²) >= 11 is 0. The van der Waals surface area contributed by atoms with Gasteiger partial charge in [0.2, 0.25) is 0 Å². The van der Waals surface area contributed by atoms with Crippen LogP contribution < -0.4 is 9.47 Å². The predicted octanol–water partition coefficient (Wildman–Crippen LogP) is 3.11. The maximum Gasteiger partial charge on any atom is 0.366 e. The number of rotatable bonds is 4. The molecule has 0 fully saturated rings. The first-order valence-electron chi connectivity index (χ1n) is 7.44. The predicted molar refractivity (Wildman–Crippen MR) is 88.8 cm³/mol. The monoisotopic (exact) mass is 323 g/mol. The second-order valence-corrected chi connectivity index (χ2v) is 5.29. The Labute approximate surface area is 139 Å². The normalized spacial score (nSPS) is 10.5. The maximum absolute atomic E-state index is 12.4. The molecule has 0 aliphatic carbocycles. The molecule has 1 aromatic heterocycles. The van der Waals surface area contributed by atoms with Crippen molar-refractivity contribution in [3.63, 3.8) is 0 Å². The van der Waals surface area contributed by atoms with Crippen molar-refractivity contribution in [2.75, 3.05) is 7.11 Å². The Balaban J connectivity index is 1.86. The lowest BCUT2D eigenvalue weighted by Gasteiger charge is -2.07. The summed E-state index contributed by atoms with van der Waals surface area (Å²) in [6.45, 7) is 3.66. The summed E-state index contributed by atoms with van der Waals surface area (Å²) in [6.07, 6.45) is 0. The van der Waals surface area contributed by atoms with Crippen LogP contribution >= 0.6 is 0 Å². The molecule has 24 heavy (non-hydrogen) atoms. The van der Waals surface area contributed by atoms with Gasteiger partial charge >= 0.3 is 5.97 Å². The molecule has 122 valence electrons. The summed E-state index contributed by atoms with van der Waals surface area (Å²) in [5.41, 5.74) is 2.47. The molecule has 0 unspecified atom stereocenters. The molecular formula is C18H17N3O3. The van der Waals surface area contributed by atoms with Crippen molar-refractivity contribution < 1.29 is 14.3 Å². The second kappa shape index (κ2) is 6.54. The molecule has 0 saturated heterocycles. The lowest BCUT2D eigenvalue weighted by atomic mass is 10.2. The Morgan fingerprint density at radius 2 is 1.75 bits per heavy atom. The number of methoxy groups -OCH3 is 1. The average molecular weight is 323 g/mol. The van der Waals surface area contributed by atoms with Gasteiger partial charge in [0.25, 0.3) is 0 Å². The number of para-hydroxylation sites is 1. The van der Waals surface area contributed by atoms with E-state index in [1.54, 1.807) is 24.8 Å². The van der Waals surface area contributed by atoms with E-state index in [0.717, 1.165) is 17.0 Å². The van der Waals surface area contributed by atoms with Crippen LogP contribution in [0.4, 0.5) is 0 Å². The molecule has 3 rings (SSSR count). The number of aryl methyl sites for hydroxylation is 1. The van der Waals surface area contributed by atoms with E-state index in [-0.39, 0.29) is 5.69 Å². The van der Waals surface area contributed by atoms with Crippen molar-refractivity contribution >= 4 is 5.97 Å². The zero-order valence-corrected chi connectivity index (χ0v) is 13.7. The van der Waals surface area contributed by atoms with Gasteiger partial charge in [-0.3, -0.25) is 0 Å². The summed E-state index contributed by atoms with van der Waals surface area (Å²) < 4.78 is 12.2. The Hall–Kier alpha value is -3.15. The van der Waals surface area contributed by atoms with Crippen molar-refractivity contribution in [1.29, 1.82) is 0 Å². The van der Waals surface area contributed by atoms with Gasteiger partial charge < -0.3 is 9.47 Å². The van der Waals surface area contributed by atoms with E-state index in [1.165, 1.54) is 0 Å². The number of carbonyl (C=O) groups excluding carboxylic acids is 1. The van der Waals surface area contributed by atoms with Crippen LogP contribution in [0.5, 0.6) is 11.5 Å². The standard InChI is InChI=1S/C18H17N3O3/c1-12-6-4-5-7-16(12)24-18(22)17-13(2)21(20-19-17)14-8-10-15(23-3)11-9-14/h4-11H,1-3H3.